The van der Waals surface area contributed by atoms with Crippen LogP contribution in [0.5, 0.6) is 0 Å². The Morgan fingerprint density at radius 1 is 1.33 bits per heavy atom. The third-order valence-electron chi connectivity index (χ3n) is 5.40. The second kappa shape index (κ2) is 5.48. The maximum Gasteiger partial charge on any atom is 0.0590 e. The molecule has 0 saturated carbocycles. The molecule has 0 aliphatic carbocycles. The lowest BCUT2D eigenvalue weighted by molar-refractivity contribution is -0.0341. The van der Waals surface area contributed by atoms with Crippen LogP contribution in [0.4, 0.5) is 0 Å². The summed E-state index contributed by atoms with van der Waals surface area (Å²) >= 11 is 0. The van der Waals surface area contributed by atoms with Crippen LogP contribution < -0.4 is 5.32 Å². The highest BCUT2D eigenvalue weighted by Crippen LogP contribution is 2.36. The molecule has 5 unspecified atom stereocenters. The van der Waals surface area contributed by atoms with Crippen molar-refractivity contribution in [2.45, 2.75) is 57.7 Å². The van der Waals surface area contributed by atoms with Crippen molar-refractivity contribution in [1.82, 2.24) is 10.2 Å². The molecule has 5 atom stereocenters. The maximum absolute atomic E-state index is 5.90. The Balaban J connectivity index is 1.61. The zero-order valence-corrected chi connectivity index (χ0v) is 11.9. The van der Waals surface area contributed by atoms with Gasteiger partial charge in [-0.3, -0.25) is 4.90 Å². The van der Waals surface area contributed by atoms with E-state index in [0.717, 1.165) is 30.5 Å². The highest BCUT2D eigenvalue weighted by atomic mass is 16.5. The maximum atomic E-state index is 5.90. The Labute approximate surface area is 111 Å². The van der Waals surface area contributed by atoms with E-state index in [1.54, 1.807) is 0 Å². The predicted octanol–water partition coefficient (Wildman–Crippen LogP) is 1.87. The molecule has 0 aromatic carbocycles. The van der Waals surface area contributed by atoms with Crippen LogP contribution in [0.25, 0.3) is 0 Å². The minimum absolute atomic E-state index is 0.527. The number of ether oxygens (including phenoxy) is 1. The van der Waals surface area contributed by atoms with E-state index in [2.05, 4.69) is 24.1 Å². The molecule has 0 aromatic heterocycles. The quantitative estimate of drug-likeness (QED) is 0.830. The predicted molar refractivity (Wildman–Crippen MR) is 73.7 cm³/mol. The summed E-state index contributed by atoms with van der Waals surface area (Å²) in [5.74, 6) is 1.81. The molecule has 18 heavy (non-hydrogen) atoms. The van der Waals surface area contributed by atoms with Gasteiger partial charge in [0.05, 0.1) is 6.10 Å². The van der Waals surface area contributed by atoms with Crippen molar-refractivity contribution in [3.8, 4) is 0 Å². The lowest BCUT2D eigenvalue weighted by atomic mass is 9.94. The van der Waals surface area contributed by atoms with Crippen LogP contribution in [-0.4, -0.2) is 49.3 Å². The Hall–Kier alpha value is -0.120. The SMILES string of the molecule is CCCC1CC(N2CC3CNCC3C2C)CCO1. The molecule has 0 bridgehead atoms. The second-order valence-electron chi connectivity index (χ2n) is 6.48. The van der Waals surface area contributed by atoms with E-state index >= 15 is 0 Å². The van der Waals surface area contributed by atoms with Crippen molar-refractivity contribution in [3.63, 3.8) is 0 Å². The summed E-state index contributed by atoms with van der Waals surface area (Å²) in [5, 5.41) is 3.56. The van der Waals surface area contributed by atoms with Crippen LogP contribution in [0.15, 0.2) is 0 Å². The monoisotopic (exact) mass is 252 g/mol. The van der Waals surface area contributed by atoms with Gasteiger partial charge in [-0.1, -0.05) is 13.3 Å². The summed E-state index contributed by atoms with van der Waals surface area (Å²) in [6.07, 6.45) is 5.54. The first-order chi connectivity index (χ1) is 8.79. The topological polar surface area (TPSA) is 24.5 Å². The lowest BCUT2D eigenvalue weighted by Gasteiger charge is -2.38. The van der Waals surface area contributed by atoms with Gasteiger partial charge in [0.15, 0.2) is 0 Å². The van der Waals surface area contributed by atoms with Gasteiger partial charge in [-0.05, 0) is 51.1 Å². The number of fused-ring (bicyclic) bond motifs is 1. The van der Waals surface area contributed by atoms with E-state index in [4.69, 9.17) is 4.74 Å². The van der Waals surface area contributed by atoms with E-state index in [1.165, 1.54) is 45.3 Å². The van der Waals surface area contributed by atoms with Gasteiger partial charge in [0.25, 0.3) is 0 Å². The number of rotatable bonds is 3. The molecule has 1 N–H and O–H groups in total. The second-order valence-corrected chi connectivity index (χ2v) is 6.48. The summed E-state index contributed by atoms with van der Waals surface area (Å²) in [4.78, 5) is 2.81. The molecule has 0 amide bonds. The van der Waals surface area contributed by atoms with E-state index in [9.17, 15) is 0 Å². The first-order valence-corrected chi connectivity index (χ1v) is 7.87. The molecular weight excluding hydrogens is 224 g/mol. The highest BCUT2D eigenvalue weighted by Gasteiger charge is 2.44. The summed E-state index contributed by atoms with van der Waals surface area (Å²) in [6, 6.07) is 1.56. The first kappa shape index (κ1) is 12.9. The minimum atomic E-state index is 0.527. The van der Waals surface area contributed by atoms with E-state index in [0.29, 0.717) is 6.10 Å². The molecule has 3 saturated heterocycles. The minimum Gasteiger partial charge on any atom is -0.378 e. The fraction of sp³-hybridized carbons (Fsp3) is 1.00. The normalized spacial score (nSPS) is 45.3. The van der Waals surface area contributed by atoms with Crippen molar-refractivity contribution >= 4 is 0 Å². The molecule has 3 aliphatic heterocycles. The molecule has 104 valence electrons. The van der Waals surface area contributed by atoms with Crippen LogP contribution >= 0.6 is 0 Å². The van der Waals surface area contributed by atoms with Gasteiger partial charge >= 0.3 is 0 Å². The van der Waals surface area contributed by atoms with Crippen molar-refractivity contribution < 1.29 is 4.74 Å². The Bertz CT molecular complexity index is 282. The number of hydrogen-bond acceptors (Lipinski definition) is 3. The molecule has 3 rings (SSSR count). The third-order valence-corrected chi connectivity index (χ3v) is 5.40. The molecule has 3 heteroatoms. The fourth-order valence-corrected chi connectivity index (χ4v) is 4.37. The molecular formula is C15H28N2O. The van der Waals surface area contributed by atoms with E-state index < -0.39 is 0 Å². The van der Waals surface area contributed by atoms with Crippen LogP contribution in [0.1, 0.15) is 39.5 Å². The van der Waals surface area contributed by atoms with Crippen molar-refractivity contribution in [2.24, 2.45) is 11.8 Å². The average molecular weight is 252 g/mol. The van der Waals surface area contributed by atoms with Crippen molar-refractivity contribution in [1.29, 1.82) is 0 Å². The van der Waals surface area contributed by atoms with Gasteiger partial charge in [0.2, 0.25) is 0 Å². The summed E-state index contributed by atoms with van der Waals surface area (Å²) < 4.78 is 5.90. The van der Waals surface area contributed by atoms with Crippen LogP contribution in [0.3, 0.4) is 0 Å². The highest BCUT2D eigenvalue weighted by molar-refractivity contribution is 4.99. The molecule has 3 nitrogen and oxygen atoms in total. The van der Waals surface area contributed by atoms with Gasteiger partial charge in [0.1, 0.15) is 0 Å². The third kappa shape index (κ3) is 2.33. The summed E-state index contributed by atoms with van der Waals surface area (Å²) in [5.41, 5.74) is 0. The first-order valence-electron chi connectivity index (χ1n) is 7.87. The largest absolute Gasteiger partial charge is 0.378 e. The molecule has 3 aliphatic rings. The van der Waals surface area contributed by atoms with Gasteiger partial charge < -0.3 is 10.1 Å². The smallest absolute Gasteiger partial charge is 0.0590 e. The Morgan fingerprint density at radius 2 is 2.22 bits per heavy atom. The van der Waals surface area contributed by atoms with Gasteiger partial charge in [-0.2, -0.15) is 0 Å². The molecule has 0 aromatic rings. The zero-order valence-electron chi connectivity index (χ0n) is 11.9. The van der Waals surface area contributed by atoms with Crippen LogP contribution in [-0.2, 0) is 4.74 Å². The molecule has 3 heterocycles. The van der Waals surface area contributed by atoms with E-state index in [1.807, 2.05) is 0 Å². The summed E-state index contributed by atoms with van der Waals surface area (Å²) in [7, 11) is 0. The van der Waals surface area contributed by atoms with Gasteiger partial charge in [-0.15, -0.1) is 0 Å². The fourth-order valence-electron chi connectivity index (χ4n) is 4.37. The van der Waals surface area contributed by atoms with Crippen LogP contribution in [0.2, 0.25) is 0 Å². The van der Waals surface area contributed by atoms with Gasteiger partial charge in [-0.25, -0.2) is 0 Å². The van der Waals surface area contributed by atoms with Crippen molar-refractivity contribution in [3.05, 3.63) is 0 Å². The number of hydrogen-bond donors (Lipinski definition) is 1. The molecule has 3 fully saturated rings. The molecule has 0 spiro atoms. The van der Waals surface area contributed by atoms with Gasteiger partial charge in [0, 0.05) is 25.2 Å². The average Bonchev–Trinajstić information content (AvgIpc) is 2.94. The lowest BCUT2D eigenvalue weighted by Crippen LogP contribution is -2.46. The Kier molecular flexibility index (Phi) is 3.92. The number of nitrogens with zero attached hydrogens (tertiary/aromatic N) is 1. The summed E-state index contributed by atoms with van der Waals surface area (Å²) in [6.45, 7) is 9.50. The van der Waals surface area contributed by atoms with Crippen molar-refractivity contribution in [2.75, 3.05) is 26.2 Å². The van der Waals surface area contributed by atoms with E-state index in [-0.39, 0.29) is 0 Å². The number of nitrogens with one attached hydrogen (secondary N) is 1. The van der Waals surface area contributed by atoms with Crippen LogP contribution in [0, 0.1) is 11.8 Å². The number of likely N-dealkylation sites (tertiary alicyclic amines) is 1. The zero-order chi connectivity index (χ0) is 12.5. The standard InChI is InChI=1S/C15H28N2O/c1-3-4-14-7-13(5-6-18-14)17-10-12-8-16-9-15(12)11(17)2/h11-16H,3-10H2,1-2H3. The Morgan fingerprint density at radius 3 is 3.00 bits per heavy atom. The molecule has 0 radical (unpaired) electrons.